The van der Waals surface area contributed by atoms with Gasteiger partial charge in [-0.15, -0.1) is 11.3 Å². The van der Waals surface area contributed by atoms with Crippen LogP contribution in [0.2, 0.25) is 4.34 Å². The van der Waals surface area contributed by atoms with Crippen molar-refractivity contribution in [3.63, 3.8) is 0 Å². The van der Waals surface area contributed by atoms with Crippen LogP contribution in [0, 0.1) is 0 Å². The van der Waals surface area contributed by atoms with E-state index >= 15 is 0 Å². The fourth-order valence-electron chi connectivity index (χ4n) is 2.93. The Bertz CT molecular complexity index is 409. The number of likely N-dealkylation sites (N-methyl/N-ethyl adjacent to an activating group) is 1. The van der Waals surface area contributed by atoms with Crippen LogP contribution < -0.4 is 5.73 Å². The van der Waals surface area contributed by atoms with Crippen LogP contribution in [0.3, 0.4) is 0 Å². The van der Waals surface area contributed by atoms with Gasteiger partial charge in [0.2, 0.25) is 0 Å². The zero-order chi connectivity index (χ0) is 14.2. The fraction of sp³-hybridized carbons (Fsp3) is 0.714. The predicted octanol–water partition coefficient (Wildman–Crippen LogP) is 2.81. The van der Waals surface area contributed by atoms with Gasteiger partial charge in [-0.2, -0.15) is 0 Å². The van der Waals surface area contributed by atoms with Gasteiger partial charge in [0.25, 0.3) is 0 Å². The molecule has 1 aliphatic rings. The van der Waals surface area contributed by atoms with Gasteiger partial charge in [-0.05, 0) is 40.0 Å². The maximum absolute atomic E-state index is 6.24. The molecule has 0 aliphatic carbocycles. The highest BCUT2D eigenvalue weighted by Gasteiger charge is 2.33. The first-order chi connectivity index (χ1) is 8.90. The maximum Gasteiger partial charge on any atom is 0.0931 e. The van der Waals surface area contributed by atoms with E-state index in [2.05, 4.69) is 43.7 Å². The van der Waals surface area contributed by atoms with Gasteiger partial charge in [0.15, 0.2) is 0 Å². The lowest BCUT2D eigenvalue weighted by molar-refractivity contribution is 0.0284. The van der Waals surface area contributed by atoms with E-state index in [0.717, 1.165) is 17.4 Å². The molecular weight excluding hydrogens is 278 g/mol. The average molecular weight is 302 g/mol. The summed E-state index contributed by atoms with van der Waals surface area (Å²) in [5, 5.41) is 0. The highest BCUT2D eigenvalue weighted by Crippen LogP contribution is 2.34. The largest absolute Gasteiger partial charge is 0.326 e. The maximum atomic E-state index is 6.24. The van der Waals surface area contributed by atoms with Crippen molar-refractivity contribution >= 4 is 22.9 Å². The van der Waals surface area contributed by atoms with Crippen LogP contribution in [-0.2, 0) is 0 Å². The van der Waals surface area contributed by atoms with Crippen molar-refractivity contribution in [1.82, 2.24) is 9.80 Å². The van der Waals surface area contributed by atoms with Crippen molar-refractivity contribution < 1.29 is 0 Å². The molecule has 0 bridgehead atoms. The van der Waals surface area contributed by atoms with Crippen LogP contribution in [0.15, 0.2) is 12.1 Å². The molecule has 2 rings (SSSR count). The first-order valence-electron chi connectivity index (χ1n) is 6.87. The topological polar surface area (TPSA) is 32.5 Å². The number of hydrogen-bond acceptors (Lipinski definition) is 4. The molecule has 1 aromatic rings. The van der Waals surface area contributed by atoms with E-state index in [0.29, 0.717) is 12.1 Å². The zero-order valence-corrected chi connectivity index (χ0v) is 13.7. The van der Waals surface area contributed by atoms with E-state index in [4.69, 9.17) is 17.3 Å². The Labute approximate surface area is 125 Å². The van der Waals surface area contributed by atoms with Crippen LogP contribution in [0.5, 0.6) is 0 Å². The lowest BCUT2D eigenvalue weighted by atomic mass is 10.0. The first kappa shape index (κ1) is 15.3. The summed E-state index contributed by atoms with van der Waals surface area (Å²) in [6, 6.07) is 5.59. The summed E-state index contributed by atoms with van der Waals surface area (Å²) in [6.07, 6.45) is 0. The normalized spacial score (nSPS) is 29.4. The number of rotatable bonds is 3. The number of piperazine rings is 1. The van der Waals surface area contributed by atoms with E-state index < -0.39 is 0 Å². The number of nitrogens with two attached hydrogens (primary N) is 1. The minimum absolute atomic E-state index is 0.109. The van der Waals surface area contributed by atoms with Crippen LogP contribution in [0.25, 0.3) is 0 Å². The number of halogens is 1. The van der Waals surface area contributed by atoms with Crippen molar-refractivity contribution in [2.75, 3.05) is 20.1 Å². The molecule has 1 saturated heterocycles. The third kappa shape index (κ3) is 3.31. The molecule has 4 unspecified atom stereocenters. The summed E-state index contributed by atoms with van der Waals surface area (Å²) in [6.45, 7) is 8.77. The van der Waals surface area contributed by atoms with Gasteiger partial charge in [0.05, 0.1) is 10.4 Å². The average Bonchev–Trinajstić information content (AvgIpc) is 2.72. The summed E-state index contributed by atoms with van der Waals surface area (Å²) in [5.41, 5.74) is 6.24. The molecule has 0 saturated carbocycles. The molecule has 0 aromatic carbocycles. The van der Waals surface area contributed by atoms with E-state index in [1.807, 2.05) is 6.07 Å². The molecule has 1 aliphatic heterocycles. The van der Waals surface area contributed by atoms with Crippen LogP contribution in [-0.4, -0.2) is 48.1 Å². The van der Waals surface area contributed by atoms with Crippen LogP contribution >= 0.6 is 22.9 Å². The van der Waals surface area contributed by atoms with Gasteiger partial charge in [-0.25, -0.2) is 0 Å². The molecule has 1 fully saturated rings. The van der Waals surface area contributed by atoms with Gasteiger partial charge in [0.1, 0.15) is 0 Å². The third-order valence-electron chi connectivity index (χ3n) is 4.16. The molecule has 5 heteroatoms. The van der Waals surface area contributed by atoms with Gasteiger partial charge in [-0.1, -0.05) is 11.6 Å². The number of nitrogens with zero attached hydrogens (tertiary/aromatic N) is 2. The molecule has 4 atom stereocenters. The van der Waals surface area contributed by atoms with Crippen molar-refractivity contribution in [3.8, 4) is 0 Å². The Balaban J connectivity index is 2.20. The minimum Gasteiger partial charge on any atom is -0.326 e. The van der Waals surface area contributed by atoms with Crippen molar-refractivity contribution in [3.05, 3.63) is 21.3 Å². The Morgan fingerprint density at radius 1 is 1.32 bits per heavy atom. The second kappa shape index (κ2) is 6.10. The Morgan fingerprint density at radius 3 is 2.32 bits per heavy atom. The Morgan fingerprint density at radius 2 is 1.89 bits per heavy atom. The summed E-state index contributed by atoms with van der Waals surface area (Å²) in [5.74, 6) is 0. The molecule has 19 heavy (non-hydrogen) atoms. The standard InChI is InChI=1S/C14H24ClN3S/c1-9-7-18(8-10(2)17(9)4)14(11(3)16)12-5-6-13(15)19-12/h5-6,9-11,14H,7-8,16H2,1-4H3. The lowest BCUT2D eigenvalue weighted by Crippen LogP contribution is -2.57. The van der Waals surface area contributed by atoms with Crippen LogP contribution in [0.4, 0.5) is 0 Å². The fourth-order valence-corrected chi connectivity index (χ4v) is 4.24. The quantitative estimate of drug-likeness (QED) is 0.932. The van der Waals surface area contributed by atoms with Gasteiger partial charge < -0.3 is 5.73 Å². The second-order valence-electron chi connectivity index (χ2n) is 5.76. The summed E-state index contributed by atoms with van der Waals surface area (Å²) in [4.78, 5) is 6.24. The van der Waals surface area contributed by atoms with Crippen molar-refractivity contribution in [2.24, 2.45) is 5.73 Å². The summed E-state index contributed by atoms with van der Waals surface area (Å²) >= 11 is 7.73. The van der Waals surface area contributed by atoms with E-state index in [-0.39, 0.29) is 12.1 Å². The smallest absolute Gasteiger partial charge is 0.0931 e. The zero-order valence-electron chi connectivity index (χ0n) is 12.1. The molecule has 0 spiro atoms. The predicted molar refractivity (Wildman–Crippen MR) is 84.0 cm³/mol. The van der Waals surface area contributed by atoms with Gasteiger partial charge in [0, 0.05) is 36.1 Å². The highest BCUT2D eigenvalue weighted by atomic mass is 35.5. The van der Waals surface area contributed by atoms with Gasteiger partial charge >= 0.3 is 0 Å². The summed E-state index contributed by atoms with van der Waals surface area (Å²) in [7, 11) is 2.20. The third-order valence-corrected chi connectivity index (χ3v) is 5.47. The molecule has 1 aromatic heterocycles. The van der Waals surface area contributed by atoms with Gasteiger partial charge in [-0.3, -0.25) is 9.80 Å². The monoisotopic (exact) mass is 301 g/mol. The number of thiophene rings is 1. The number of hydrogen-bond donors (Lipinski definition) is 1. The SMILES string of the molecule is CC(N)C(c1ccc(Cl)s1)N1CC(C)N(C)C(C)C1. The Kier molecular flexibility index (Phi) is 4.90. The van der Waals surface area contributed by atoms with Crippen molar-refractivity contribution in [1.29, 1.82) is 0 Å². The molecule has 3 nitrogen and oxygen atoms in total. The van der Waals surface area contributed by atoms with E-state index in [9.17, 15) is 0 Å². The molecule has 0 radical (unpaired) electrons. The molecule has 2 heterocycles. The molecule has 0 amide bonds. The Hall–Kier alpha value is -0.130. The first-order valence-corrected chi connectivity index (χ1v) is 8.06. The second-order valence-corrected chi connectivity index (χ2v) is 7.51. The molecule has 2 N–H and O–H groups in total. The molecule has 108 valence electrons. The van der Waals surface area contributed by atoms with Crippen molar-refractivity contribution in [2.45, 2.75) is 44.9 Å². The van der Waals surface area contributed by atoms with E-state index in [1.54, 1.807) is 11.3 Å². The minimum atomic E-state index is 0.109. The highest BCUT2D eigenvalue weighted by molar-refractivity contribution is 7.16. The lowest BCUT2D eigenvalue weighted by Gasteiger charge is -2.46. The van der Waals surface area contributed by atoms with E-state index in [1.165, 1.54) is 4.88 Å². The summed E-state index contributed by atoms with van der Waals surface area (Å²) < 4.78 is 0.843. The molecular formula is C14H24ClN3S. The van der Waals surface area contributed by atoms with Crippen LogP contribution in [0.1, 0.15) is 31.7 Å².